The molecule has 1 saturated heterocycles. The summed E-state index contributed by atoms with van der Waals surface area (Å²) in [5.74, 6) is -0.560. The van der Waals surface area contributed by atoms with Crippen LogP contribution in [0.3, 0.4) is 0 Å². The molecule has 1 atom stereocenters. The Balaban J connectivity index is 2.04. The quantitative estimate of drug-likeness (QED) is 0.827. The highest BCUT2D eigenvalue weighted by molar-refractivity contribution is 6.32. The molecule has 0 spiro atoms. The number of hydrogen-bond acceptors (Lipinski definition) is 4. The normalized spacial score (nSPS) is 15.5. The molecule has 0 aliphatic carbocycles. The first-order valence-electron chi connectivity index (χ1n) is 8.19. The standard InChI is InChI=1S/C17H22ClN3O4/c1-3-25-17(24)21-10-8-20(9-11-21)16(23)13-6-4-5-7-14(13)19-15(22)12(2)18/h4-7,12H,3,8-11H2,1-2H3,(H,19,22). The number of halogens is 1. The fourth-order valence-corrected chi connectivity index (χ4v) is 2.54. The number of amides is 3. The lowest BCUT2D eigenvalue weighted by molar-refractivity contribution is -0.115. The van der Waals surface area contributed by atoms with Gasteiger partial charge in [-0.1, -0.05) is 12.1 Å². The van der Waals surface area contributed by atoms with E-state index in [1.807, 2.05) is 0 Å². The number of alkyl halides is 1. The summed E-state index contributed by atoms with van der Waals surface area (Å²) in [4.78, 5) is 39.6. The van der Waals surface area contributed by atoms with E-state index in [0.717, 1.165) is 0 Å². The number of nitrogens with one attached hydrogen (secondary N) is 1. The zero-order chi connectivity index (χ0) is 18.4. The van der Waals surface area contributed by atoms with Gasteiger partial charge in [-0.3, -0.25) is 9.59 Å². The van der Waals surface area contributed by atoms with Crippen LogP contribution in [0.25, 0.3) is 0 Å². The molecule has 136 valence electrons. The highest BCUT2D eigenvalue weighted by Crippen LogP contribution is 2.19. The average molecular weight is 368 g/mol. The fourth-order valence-electron chi connectivity index (χ4n) is 2.49. The van der Waals surface area contributed by atoms with E-state index in [1.165, 1.54) is 0 Å². The van der Waals surface area contributed by atoms with E-state index in [-0.39, 0.29) is 17.9 Å². The number of rotatable bonds is 4. The predicted molar refractivity (Wildman–Crippen MR) is 94.9 cm³/mol. The van der Waals surface area contributed by atoms with Crippen LogP contribution in [-0.4, -0.2) is 65.9 Å². The van der Waals surface area contributed by atoms with Crippen molar-refractivity contribution in [3.63, 3.8) is 0 Å². The third-order valence-electron chi connectivity index (χ3n) is 3.87. The molecule has 1 unspecified atom stereocenters. The van der Waals surface area contributed by atoms with E-state index in [4.69, 9.17) is 16.3 Å². The summed E-state index contributed by atoms with van der Waals surface area (Å²) >= 11 is 5.77. The molecule has 0 saturated carbocycles. The lowest BCUT2D eigenvalue weighted by atomic mass is 10.1. The Morgan fingerprint density at radius 2 is 1.76 bits per heavy atom. The van der Waals surface area contributed by atoms with Gasteiger partial charge in [0.1, 0.15) is 5.38 Å². The van der Waals surface area contributed by atoms with Crippen molar-refractivity contribution in [3.05, 3.63) is 29.8 Å². The van der Waals surface area contributed by atoms with Gasteiger partial charge in [-0.25, -0.2) is 4.79 Å². The highest BCUT2D eigenvalue weighted by atomic mass is 35.5. The summed E-state index contributed by atoms with van der Waals surface area (Å²) in [7, 11) is 0. The molecule has 1 aliphatic rings. The number of hydrogen-bond donors (Lipinski definition) is 1. The second kappa shape index (κ2) is 8.71. The van der Waals surface area contributed by atoms with Gasteiger partial charge in [0.2, 0.25) is 5.91 Å². The topological polar surface area (TPSA) is 79.0 Å². The third kappa shape index (κ3) is 4.85. The second-order valence-electron chi connectivity index (χ2n) is 5.63. The number of nitrogens with zero attached hydrogens (tertiary/aromatic N) is 2. The molecule has 0 bridgehead atoms. The van der Waals surface area contributed by atoms with Crippen molar-refractivity contribution in [1.82, 2.24) is 9.80 Å². The van der Waals surface area contributed by atoms with E-state index in [0.29, 0.717) is 44.0 Å². The van der Waals surface area contributed by atoms with Crippen molar-refractivity contribution in [2.75, 3.05) is 38.1 Å². The third-order valence-corrected chi connectivity index (χ3v) is 4.07. The Kier molecular flexibility index (Phi) is 6.64. The molecule has 0 aromatic heterocycles. The van der Waals surface area contributed by atoms with E-state index in [2.05, 4.69) is 5.32 Å². The molecule has 1 heterocycles. The van der Waals surface area contributed by atoms with Crippen LogP contribution in [-0.2, 0) is 9.53 Å². The monoisotopic (exact) mass is 367 g/mol. The number of carbonyl (C=O) groups is 3. The first-order chi connectivity index (χ1) is 11.9. The Bertz CT molecular complexity index is 643. The molecular formula is C17H22ClN3O4. The Hall–Kier alpha value is -2.28. The molecule has 2 rings (SSSR count). The van der Waals surface area contributed by atoms with Gasteiger partial charge in [0, 0.05) is 26.2 Å². The number of para-hydroxylation sites is 1. The number of benzene rings is 1. The van der Waals surface area contributed by atoms with E-state index in [9.17, 15) is 14.4 Å². The summed E-state index contributed by atoms with van der Waals surface area (Å²) in [5.41, 5.74) is 0.829. The number of anilines is 1. The summed E-state index contributed by atoms with van der Waals surface area (Å²) in [6, 6.07) is 6.81. The van der Waals surface area contributed by atoms with Gasteiger partial charge in [0.25, 0.3) is 5.91 Å². The highest BCUT2D eigenvalue weighted by Gasteiger charge is 2.27. The molecule has 1 aromatic carbocycles. The van der Waals surface area contributed by atoms with Gasteiger partial charge in [-0.15, -0.1) is 11.6 Å². The number of ether oxygens (including phenoxy) is 1. The van der Waals surface area contributed by atoms with E-state index in [1.54, 1.807) is 47.9 Å². The Labute approximate surface area is 151 Å². The van der Waals surface area contributed by atoms with Gasteiger partial charge < -0.3 is 19.9 Å². The minimum Gasteiger partial charge on any atom is -0.450 e. The first-order valence-corrected chi connectivity index (χ1v) is 8.62. The van der Waals surface area contributed by atoms with Crippen LogP contribution in [0.5, 0.6) is 0 Å². The lowest BCUT2D eigenvalue weighted by Crippen LogP contribution is -2.50. The van der Waals surface area contributed by atoms with Crippen molar-refractivity contribution in [3.8, 4) is 0 Å². The number of carbonyl (C=O) groups excluding carboxylic acids is 3. The largest absolute Gasteiger partial charge is 0.450 e. The maximum Gasteiger partial charge on any atom is 0.409 e. The van der Waals surface area contributed by atoms with Crippen LogP contribution in [0, 0.1) is 0 Å². The van der Waals surface area contributed by atoms with Crippen molar-refractivity contribution in [2.45, 2.75) is 19.2 Å². The molecule has 1 aromatic rings. The van der Waals surface area contributed by atoms with Crippen LogP contribution in [0.2, 0.25) is 0 Å². The SMILES string of the molecule is CCOC(=O)N1CCN(C(=O)c2ccccc2NC(=O)C(C)Cl)CC1. The van der Waals surface area contributed by atoms with Gasteiger partial charge >= 0.3 is 6.09 Å². The summed E-state index contributed by atoms with van der Waals surface area (Å²) < 4.78 is 4.97. The molecule has 1 fully saturated rings. The van der Waals surface area contributed by atoms with Gasteiger partial charge in [0.05, 0.1) is 17.9 Å². The zero-order valence-electron chi connectivity index (χ0n) is 14.3. The van der Waals surface area contributed by atoms with Gasteiger partial charge in [0.15, 0.2) is 0 Å². The molecule has 7 nitrogen and oxygen atoms in total. The van der Waals surface area contributed by atoms with Crippen molar-refractivity contribution in [2.24, 2.45) is 0 Å². The average Bonchev–Trinajstić information content (AvgIpc) is 2.62. The van der Waals surface area contributed by atoms with E-state index >= 15 is 0 Å². The van der Waals surface area contributed by atoms with Crippen LogP contribution in [0.15, 0.2) is 24.3 Å². The molecular weight excluding hydrogens is 346 g/mol. The number of piperazine rings is 1. The van der Waals surface area contributed by atoms with Crippen LogP contribution < -0.4 is 5.32 Å². The van der Waals surface area contributed by atoms with Crippen LogP contribution >= 0.6 is 11.6 Å². The van der Waals surface area contributed by atoms with Crippen molar-refractivity contribution < 1.29 is 19.1 Å². The summed E-state index contributed by atoms with van der Waals surface area (Å²) in [5, 5.41) is 1.97. The molecule has 1 aliphatic heterocycles. The zero-order valence-corrected chi connectivity index (χ0v) is 15.1. The van der Waals surface area contributed by atoms with E-state index < -0.39 is 5.38 Å². The van der Waals surface area contributed by atoms with Crippen molar-refractivity contribution >= 4 is 35.2 Å². The van der Waals surface area contributed by atoms with Crippen molar-refractivity contribution in [1.29, 1.82) is 0 Å². The molecule has 0 radical (unpaired) electrons. The summed E-state index contributed by atoms with van der Waals surface area (Å²) in [6.45, 7) is 5.29. The maximum atomic E-state index is 12.8. The lowest BCUT2D eigenvalue weighted by Gasteiger charge is -2.34. The minimum atomic E-state index is -0.698. The Morgan fingerprint density at radius 1 is 1.16 bits per heavy atom. The fraction of sp³-hybridized carbons (Fsp3) is 0.471. The first kappa shape index (κ1) is 19.1. The van der Waals surface area contributed by atoms with Crippen LogP contribution in [0.1, 0.15) is 24.2 Å². The van der Waals surface area contributed by atoms with Gasteiger partial charge in [-0.05, 0) is 26.0 Å². The predicted octanol–water partition coefficient (Wildman–Crippen LogP) is 2.17. The molecule has 25 heavy (non-hydrogen) atoms. The second-order valence-corrected chi connectivity index (χ2v) is 6.28. The summed E-state index contributed by atoms with van der Waals surface area (Å²) in [6.07, 6.45) is -0.363. The van der Waals surface area contributed by atoms with Gasteiger partial charge in [-0.2, -0.15) is 0 Å². The van der Waals surface area contributed by atoms with Crippen LogP contribution in [0.4, 0.5) is 10.5 Å². The smallest absolute Gasteiger partial charge is 0.409 e. The molecule has 3 amide bonds. The minimum absolute atomic E-state index is 0.193. The maximum absolute atomic E-state index is 12.8. The molecule has 1 N–H and O–H groups in total. The molecule has 8 heteroatoms. The Morgan fingerprint density at radius 3 is 2.36 bits per heavy atom.